The highest BCUT2D eigenvalue weighted by atomic mass is 16.5. The summed E-state index contributed by atoms with van der Waals surface area (Å²) in [5.74, 6) is 0.941. The summed E-state index contributed by atoms with van der Waals surface area (Å²) < 4.78 is 10.6. The second-order valence-electron chi connectivity index (χ2n) is 4.49. The maximum atomic E-state index is 5.60. The maximum absolute atomic E-state index is 5.60. The molecule has 94 valence electrons. The lowest BCUT2D eigenvalue weighted by Crippen LogP contribution is -2.15. The summed E-state index contributed by atoms with van der Waals surface area (Å²) in [6.45, 7) is 2.44. The van der Waals surface area contributed by atoms with Crippen LogP contribution in [0.4, 0.5) is 0 Å². The molecule has 0 saturated heterocycles. The van der Waals surface area contributed by atoms with Crippen LogP contribution in [0.15, 0.2) is 24.3 Å². The van der Waals surface area contributed by atoms with E-state index in [4.69, 9.17) is 9.47 Å². The predicted molar refractivity (Wildman–Crippen MR) is 68.3 cm³/mol. The largest absolute Gasteiger partial charge is 0.494 e. The molecule has 17 heavy (non-hydrogen) atoms. The lowest BCUT2D eigenvalue weighted by Gasteiger charge is -2.07. The minimum absolute atomic E-state index is 0.716. The molecule has 0 radical (unpaired) electrons. The smallest absolute Gasteiger partial charge is 0.119 e. The van der Waals surface area contributed by atoms with Gasteiger partial charge in [-0.15, -0.1) is 0 Å². The van der Waals surface area contributed by atoms with E-state index in [1.54, 1.807) is 7.11 Å². The summed E-state index contributed by atoms with van der Waals surface area (Å²) in [6, 6.07) is 9.09. The van der Waals surface area contributed by atoms with Crippen LogP contribution in [0.1, 0.15) is 24.8 Å². The Morgan fingerprint density at radius 2 is 1.94 bits per heavy atom. The van der Waals surface area contributed by atoms with Crippen molar-refractivity contribution in [2.24, 2.45) is 0 Å². The summed E-state index contributed by atoms with van der Waals surface area (Å²) in [6.07, 6.45) is 3.60. The molecule has 2 rings (SSSR count). The van der Waals surface area contributed by atoms with Gasteiger partial charge in [-0.25, -0.2) is 0 Å². The molecule has 0 unspecified atom stereocenters. The van der Waals surface area contributed by atoms with Crippen LogP contribution in [0.5, 0.6) is 5.75 Å². The SMILES string of the molecule is COCCCOc1ccc(CNC2CC2)cc1. The van der Waals surface area contributed by atoms with Crippen LogP contribution < -0.4 is 10.1 Å². The molecule has 0 atom stereocenters. The summed E-state index contributed by atoms with van der Waals surface area (Å²) in [4.78, 5) is 0. The average molecular weight is 235 g/mol. The third-order valence-electron chi connectivity index (χ3n) is 2.86. The van der Waals surface area contributed by atoms with Crippen LogP contribution >= 0.6 is 0 Å². The molecule has 1 aromatic carbocycles. The van der Waals surface area contributed by atoms with Crippen LogP contribution in [0.3, 0.4) is 0 Å². The van der Waals surface area contributed by atoms with Gasteiger partial charge >= 0.3 is 0 Å². The van der Waals surface area contributed by atoms with E-state index in [1.807, 2.05) is 12.1 Å². The third kappa shape index (κ3) is 4.75. The zero-order valence-electron chi connectivity index (χ0n) is 10.4. The van der Waals surface area contributed by atoms with Gasteiger partial charge in [0, 0.05) is 32.7 Å². The molecule has 1 N–H and O–H groups in total. The molecule has 0 aromatic heterocycles. The molecule has 0 spiro atoms. The van der Waals surface area contributed by atoms with Crippen molar-refractivity contribution < 1.29 is 9.47 Å². The van der Waals surface area contributed by atoms with Crippen molar-refractivity contribution in [1.29, 1.82) is 0 Å². The number of methoxy groups -OCH3 is 1. The monoisotopic (exact) mass is 235 g/mol. The quantitative estimate of drug-likeness (QED) is 0.702. The van der Waals surface area contributed by atoms with Crippen molar-refractivity contribution in [3.8, 4) is 5.75 Å². The van der Waals surface area contributed by atoms with Crippen molar-refractivity contribution in [3.05, 3.63) is 29.8 Å². The van der Waals surface area contributed by atoms with Crippen molar-refractivity contribution >= 4 is 0 Å². The van der Waals surface area contributed by atoms with Gasteiger partial charge in [-0.2, -0.15) is 0 Å². The molecular formula is C14H21NO2. The Labute approximate surface area is 103 Å². The molecule has 0 aliphatic heterocycles. The minimum Gasteiger partial charge on any atom is -0.494 e. The van der Waals surface area contributed by atoms with E-state index in [-0.39, 0.29) is 0 Å². The van der Waals surface area contributed by atoms with E-state index < -0.39 is 0 Å². The summed E-state index contributed by atoms with van der Waals surface area (Å²) in [7, 11) is 1.71. The Bertz CT molecular complexity index is 319. The van der Waals surface area contributed by atoms with Crippen LogP contribution in [-0.4, -0.2) is 26.4 Å². The number of hydrogen-bond acceptors (Lipinski definition) is 3. The Morgan fingerprint density at radius 3 is 2.59 bits per heavy atom. The normalized spacial score (nSPS) is 14.9. The molecule has 1 fully saturated rings. The Morgan fingerprint density at radius 1 is 1.18 bits per heavy atom. The topological polar surface area (TPSA) is 30.5 Å². The molecule has 0 amide bonds. The fraction of sp³-hybridized carbons (Fsp3) is 0.571. The fourth-order valence-corrected chi connectivity index (χ4v) is 1.65. The van der Waals surface area contributed by atoms with E-state index in [0.717, 1.165) is 31.4 Å². The first kappa shape index (κ1) is 12.4. The molecule has 1 aromatic rings. The molecule has 0 heterocycles. The van der Waals surface area contributed by atoms with Gasteiger partial charge in [0.05, 0.1) is 6.61 Å². The second-order valence-corrected chi connectivity index (χ2v) is 4.49. The van der Waals surface area contributed by atoms with E-state index in [0.29, 0.717) is 6.61 Å². The average Bonchev–Trinajstić information content (AvgIpc) is 3.18. The van der Waals surface area contributed by atoms with E-state index in [1.165, 1.54) is 18.4 Å². The zero-order valence-corrected chi connectivity index (χ0v) is 10.4. The number of rotatable bonds is 8. The fourth-order valence-electron chi connectivity index (χ4n) is 1.65. The molecule has 1 aliphatic carbocycles. The maximum Gasteiger partial charge on any atom is 0.119 e. The second kappa shape index (κ2) is 6.62. The van der Waals surface area contributed by atoms with Gasteiger partial charge < -0.3 is 14.8 Å². The summed E-state index contributed by atoms with van der Waals surface area (Å²) in [5.41, 5.74) is 1.32. The van der Waals surface area contributed by atoms with Gasteiger partial charge in [-0.1, -0.05) is 12.1 Å². The van der Waals surface area contributed by atoms with Crippen molar-refractivity contribution in [3.63, 3.8) is 0 Å². The molecule has 3 nitrogen and oxygen atoms in total. The van der Waals surface area contributed by atoms with Gasteiger partial charge in [-0.3, -0.25) is 0 Å². The highest BCUT2D eigenvalue weighted by molar-refractivity contribution is 5.27. The van der Waals surface area contributed by atoms with Crippen LogP contribution in [0.25, 0.3) is 0 Å². The zero-order chi connectivity index (χ0) is 11.9. The summed E-state index contributed by atoms with van der Waals surface area (Å²) in [5, 5.41) is 3.49. The van der Waals surface area contributed by atoms with Crippen molar-refractivity contribution in [2.75, 3.05) is 20.3 Å². The first-order valence-corrected chi connectivity index (χ1v) is 6.32. The van der Waals surface area contributed by atoms with Gasteiger partial charge in [0.15, 0.2) is 0 Å². The first-order chi connectivity index (χ1) is 8.38. The van der Waals surface area contributed by atoms with Crippen LogP contribution in [-0.2, 0) is 11.3 Å². The number of benzene rings is 1. The number of hydrogen-bond donors (Lipinski definition) is 1. The highest BCUT2D eigenvalue weighted by Gasteiger charge is 2.19. The van der Waals surface area contributed by atoms with Gasteiger partial charge in [0.25, 0.3) is 0 Å². The Kier molecular flexibility index (Phi) is 4.83. The van der Waals surface area contributed by atoms with Crippen molar-refractivity contribution in [1.82, 2.24) is 5.32 Å². The third-order valence-corrected chi connectivity index (χ3v) is 2.86. The van der Waals surface area contributed by atoms with Crippen LogP contribution in [0, 0.1) is 0 Å². The number of nitrogens with one attached hydrogen (secondary N) is 1. The Hall–Kier alpha value is -1.06. The standard InChI is InChI=1S/C14H21NO2/c1-16-9-2-10-17-14-7-3-12(4-8-14)11-15-13-5-6-13/h3-4,7-8,13,15H,2,5-6,9-11H2,1H3. The van der Waals surface area contributed by atoms with Gasteiger partial charge in [-0.05, 0) is 30.5 Å². The first-order valence-electron chi connectivity index (χ1n) is 6.32. The summed E-state index contributed by atoms with van der Waals surface area (Å²) >= 11 is 0. The molecular weight excluding hydrogens is 214 g/mol. The van der Waals surface area contributed by atoms with E-state index >= 15 is 0 Å². The Balaban J connectivity index is 1.68. The van der Waals surface area contributed by atoms with Gasteiger partial charge in [0.2, 0.25) is 0 Å². The minimum atomic E-state index is 0.716. The van der Waals surface area contributed by atoms with Crippen LogP contribution in [0.2, 0.25) is 0 Å². The molecule has 1 saturated carbocycles. The van der Waals surface area contributed by atoms with E-state index in [2.05, 4.69) is 17.4 Å². The lowest BCUT2D eigenvalue weighted by atomic mass is 10.2. The molecule has 3 heteroatoms. The van der Waals surface area contributed by atoms with E-state index in [9.17, 15) is 0 Å². The lowest BCUT2D eigenvalue weighted by molar-refractivity contribution is 0.172. The highest BCUT2D eigenvalue weighted by Crippen LogP contribution is 2.19. The van der Waals surface area contributed by atoms with Gasteiger partial charge in [0.1, 0.15) is 5.75 Å². The molecule has 1 aliphatic rings. The number of ether oxygens (including phenoxy) is 2. The predicted octanol–water partition coefficient (Wildman–Crippen LogP) is 2.35. The van der Waals surface area contributed by atoms with Crippen molar-refractivity contribution in [2.45, 2.75) is 31.8 Å². The molecule has 0 bridgehead atoms.